The van der Waals surface area contributed by atoms with Crippen LogP contribution in [-0.2, 0) is 0 Å². The van der Waals surface area contributed by atoms with Gasteiger partial charge in [-0.15, -0.1) is 0 Å². The van der Waals surface area contributed by atoms with Gasteiger partial charge < -0.3 is 4.74 Å². The van der Waals surface area contributed by atoms with E-state index in [0.717, 1.165) is 31.7 Å². The molecule has 0 saturated carbocycles. The number of anilines is 1. The molecule has 1 aromatic heterocycles. The first-order valence-corrected chi connectivity index (χ1v) is 6.15. The van der Waals surface area contributed by atoms with E-state index >= 15 is 0 Å². The fourth-order valence-electron chi connectivity index (χ4n) is 1.58. The highest BCUT2D eigenvalue weighted by Gasteiger charge is 2.01. The number of hydrogen-bond donors (Lipinski definition) is 1. The zero-order valence-electron chi connectivity index (χ0n) is 10.9. The Morgan fingerprint density at radius 1 is 1.29 bits per heavy atom. The summed E-state index contributed by atoms with van der Waals surface area (Å²) in [6, 6.07) is 5.68. The van der Waals surface area contributed by atoms with Gasteiger partial charge in [0.25, 0.3) is 0 Å². The first-order valence-electron chi connectivity index (χ1n) is 6.15. The Morgan fingerprint density at radius 3 is 2.59 bits per heavy atom. The molecule has 0 fully saturated rings. The van der Waals surface area contributed by atoms with Gasteiger partial charge in [-0.2, -0.15) is 4.98 Å². The monoisotopic (exact) mass is 236 g/mol. The molecule has 0 unspecified atom stereocenters. The highest BCUT2D eigenvalue weighted by atomic mass is 16.5. The molecule has 17 heavy (non-hydrogen) atoms. The van der Waals surface area contributed by atoms with Crippen LogP contribution in [0.3, 0.4) is 0 Å². The third-order valence-corrected chi connectivity index (χ3v) is 2.35. The largest absolute Gasteiger partial charge is 0.481 e. The minimum atomic E-state index is 0.626. The summed E-state index contributed by atoms with van der Waals surface area (Å²) >= 11 is 0. The van der Waals surface area contributed by atoms with Gasteiger partial charge in [-0.25, -0.2) is 5.32 Å². The normalized spacial score (nSPS) is 9.82. The molecule has 0 aliphatic heterocycles. The number of nitrogens with one attached hydrogen (secondary N) is 1. The SMILES string of the molecule is CCC[N+](=CNc1cccc(OC)n1)CCC. The lowest BCUT2D eigenvalue weighted by atomic mass is 10.4. The molecule has 4 nitrogen and oxygen atoms in total. The van der Waals surface area contributed by atoms with Gasteiger partial charge in [0, 0.05) is 12.1 Å². The van der Waals surface area contributed by atoms with Gasteiger partial charge in [0.05, 0.1) is 20.2 Å². The Hall–Kier alpha value is -1.58. The molecule has 0 radical (unpaired) electrons. The third-order valence-electron chi connectivity index (χ3n) is 2.35. The van der Waals surface area contributed by atoms with Crippen LogP contribution in [0.5, 0.6) is 5.88 Å². The molecule has 0 saturated heterocycles. The van der Waals surface area contributed by atoms with Gasteiger partial charge >= 0.3 is 0 Å². The standard InChI is InChI=1S/C13H21N3O/c1-4-9-16(10-5-2)11-14-12-7-6-8-13(15-12)17-3/h6-8,11H,4-5,9-10H2,1-3H3/p+1. The summed E-state index contributed by atoms with van der Waals surface area (Å²) < 4.78 is 7.34. The van der Waals surface area contributed by atoms with Crippen LogP contribution >= 0.6 is 0 Å². The summed E-state index contributed by atoms with van der Waals surface area (Å²) in [5, 5.41) is 3.20. The Kier molecular flexibility index (Phi) is 6.07. The van der Waals surface area contributed by atoms with E-state index < -0.39 is 0 Å². The minimum Gasteiger partial charge on any atom is -0.481 e. The molecule has 1 aromatic rings. The molecule has 4 heteroatoms. The molecule has 1 rings (SSSR count). The number of rotatable bonds is 7. The van der Waals surface area contributed by atoms with E-state index in [4.69, 9.17) is 4.74 Å². The van der Waals surface area contributed by atoms with Crippen LogP contribution in [0.15, 0.2) is 18.2 Å². The maximum absolute atomic E-state index is 5.08. The van der Waals surface area contributed by atoms with Crippen molar-refractivity contribution in [3.63, 3.8) is 0 Å². The third kappa shape index (κ3) is 4.85. The zero-order chi connectivity index (χ0) is 12.5. The van der Waals surface area contributed by atoms with Crippen molar-refractivity contribution in [3.8, 4) is 5.88 Å². The molecule has 0 aliphatic rings. The van der Waals surface area contributed by atoms with E-state index in [-0.39, 0.29) is 0 Å². The van der Waals surface area contributed by atoms with Crippen LogP contribution in [0.4, 0.5) is 5.82 Å². The second kappa shape index (κ2) is 7.65. The topological polar surface area (TPSA) is 37.2 Å². The fraction of sp³-hybridized carbons (Fsp3) is 0.538. The molecule has 0 atom stereocenters. The molecule has 0 amide bonds. The summed E-state index contributed by atoms with van der Waals surface area (Å²) in [5.41, 5.74) is 0. The van der Waals surface area contributed by atoms with Crippen LogP contribution in [-0.4, -0.2) is 36.1 Å². The summed E-state index contributed by atoms with van der Waals surface area (Å²) in [4.78, 5) is 4.29. The Labute approximate surface area is 103 Å². The smallest absolute Gasteiger partial charge is 0.238 e. The molecule has 0 aromatic carbocycles. The predicted molar refractivity (Wildman–Crippen MR) is 71.1 cm³/mol. The van der Waals surface area contributed by atoms with E-state index in [1.807, 2.05) is 24.5 Å². The van der Waals surface area contributed by atoms with Crippen molar-refractivity contribution in [2.24, 2.45) is 0 Å². The number of ether oxygens (including phenoxy) is 1. The second-order valence-corrected chi connectivity index (χ2v) is 3.87. The van der Waals surface area contributed by atoms with Crippen molar-refractivity contribution in [1.29, 1.82) is 0 Å². The van der Waals surface area contributed by atoms with E-state index in [2.05, 4.69) is 28.7 Å². The zero-order valence-corrected chi connectivity index (χ0v) is 10.9. The van der Waals surface area contributed by atoms with E-state index in [1.165, 1.54) is 0 Å². The van der Waals surface area contributed by atoms with E-state index in [9.17, 15) is 0 Å². The number of methoxy groups -OCH3 is 1. The van der Waals surface area contributed by atoms with E-state index in [0.29, 0.717) is 5.88 Å². The van der Waals surface area contributed by atoms with Gasteiger partial charge in [0.1, 0.15) is 0 Å². The first-order chi connectivity index (χ1) is 8.30. The summed E-state index contributed by atoms with van der Waals surface area (Å²) in [5.74, 6) is 1.43. The molecule has 1 heterocycles. The predicted octanol–water partition coefficient (Wildman–Crippen LogP) is 2.36. The Bertz CT molecular complexity index is 355. The van der Waals surface area contributed by atoms with Gasteiger partial charge in [-0.1, -0.05) is 19.9 Å². The molecule has 0 aliphatic carbocycles. The molecule has 0 bridgehead atoms. The van der Waals surface area contributed by atoms with Gasteiger partial charge in [0.2, 0.25) is 18.0 Å². The van der Waals surface area contributed by atoms with Gasteiger partial charge in [0.15, 0.2) is 0 Å². The van der Waals surface area contributed by atoms with Crippen molar-refractivity contribution in [1.82, 2.24) is 4.98 Å². The molecule has 1 N–H and O–H groups in total. The molecular weight excluding hydrogens is 214 g/mol. The minimum absolute atomic E-state index is 0.626. The lowest BCUT2D eigenvalue weighted by molar-refractivity contribution is -0.523. The van der Waals surface area contributed by atoms with Crippen LogP contribution in [0.25, 0.3) is 0 Å². The lowest BCUT2D eigenvalue weighted by Gasteiger charge is -2.04. The van der Waals surface area contributed by atoms with Crippen LogP contribution in [0, 0.1) is 0 Å². The highest BCUT2D eigenvalue weighted by molar-refractivity contribution is 5.69. The maximum Gasteiger partial charge on any atom is 0.238 e. The van der Waals surface area contributed by atoms with E-state index in [1.54, 1.807) is 7.11 Å². The van der Waals surface area contributed by atoms with Crippen molar-refractivity contribution in [2.75, 3.05) is 25.5 Å². The number of nitrogens with zero attached hydrogens (tertiary/aromatic N) is 2. The van der Waals surface area contributed by atoms with Crippen molar-refractivity contribution >= 4 is 12.2 Å². The number of hydrogen-bond acceptors (Lipinski definition) is 2. The fourth-order valence-corrected chi connectivity index (χ4v) is 1.58. The summed E-state index contributed by atoms with van der Waals surface area (Å²) in [7, 11) is 1.62. The van der Waals surface area contributed by atoms with Crippen LogP contribution in [0.2, 0.25) is 0 Å². The van der Waals surface area contributed by atoms with Crippen LogP contribution < -0.4 is 10.1 Å². The van der Waals surface area contributed by atoms with Crippen LogP contribution in [0.1, 0.15) is 26.7 Å². The van der Waals surface area contributed by atoms with Crippen molar-refractivity contribution in [3.05, 3.63) is 18.2 Å². The van der Waals surface area contributed by atoms with Gasteiger partial charge in [-0.05, 0) is 12.8 Å². The number of aromatic nitrogens is 1. The molecule has 0 spiro atoms. The maximum atomic E-state index is 5.08. The Balaban J connectivity index is 2.64. The number of pyridine rings is 1. The lowest BCUT2D eigenvalue weighted by Crippen LogP contribution is -2.19. The van der Waals surface area contributed by atoms with Gasteiger partial charge in [-0.3, -0.25) is 4.58 Å². The molecular formula is C13H22N3O+. The average molecular weight is 236 g/mol. The summed E-state index contributed by atoms with van der Waals surface area (Å²) in [6.07, 6.45) is 4.28. The summed E-state index contributed by atoms with van der Waals surface area (Å²) in [6.45, 7) is 6.48. The Morgan fingerprint density at radius 2 is 2.00 bits per heavy atom. The highest BCUT2D eigenvalue weighted by Crippen LogP contribution is 2.09. The van der Waals surface area contributed by atoms with Crippen molar-refractivity contribution in [2.45, 2.75) is 26.7 Å². The molecule has 94 valence electrons. The average Bonchev–Trinajstić information content (AvgIpc) is 2.37. The quantitative estimate of drug-likeness (QED) is 0.448. The van der Waals surface area contributed by atoms with Crippen molar-refractivity contribution < 1.29 is 9.31 Å². The second-order valence-electron chi connectivity index (χ2n) is 3.87. The first kappa shape index (κ1) is 13.5.